The van der Waals surface area contributed by atoms with E-state index in [2.05, 4.69) is 44.0 Å². The molecule has 2 bridgehead atoms. The van der Waals surface area contributed by atoms with Crippen LogP contribution in [0.5, 0.6) is 6.01 Å². The molecule has 3 aliphatic heterocycles. The highest BCUT2D eigenvalue weighted by Crippen LogP contribution is 2.36. The number of pyridine rings is 2. The van der Waals surface area contributed by atoms with E-state index in [1.54, 1.807) is 24.4 Å². The lowest BCUT2D eigenvalue weighted by Gasteiger charge is -2.34. The summed E-state index contributed by atoms with van der Waals surface area (Å²) < 4.78 is 38.1. The average molecular weight is 564 g/mol. The Hall–Kier alpha value is -3.28. The van der Waals surface area contributed by atoms with E-state index in [1.165, 1.54) is 6.07 Å². The summed E-state index contributed by atoms with van der Waals surface area (Å²) >= 11 is 5.38. The Bertz CT molecular complexity index is 1690. The van der Waals surface area contributed by atoms with Gasteiger partial charge in [-0.25, -0.2) is 8.78 Å². The molecule has 2 N–H and O–H groups in total. The quantitative estimate of drug-likeness (QED) is 0.329. The Kier molecular flexibility index (Phi) is 6.21. The fourth-order valence-electron chi connectivity index (χ4n) is 6.50. The van der Waals surface area contributed by atoms with E-state index in [-0.39, 0.29) is 33.8 Å². The number of rotatable bonds is 5. The van der Waals surface area contributed by atoms with Crippen molar-refractivity contribution in [2.45, 2.75) is 50.2 Å². The molecule has 3 aliphatic rings. The van der Waals surface area contributed by atoms with Gasteiger partial charge in [-0.3, -0.25) is 9.88 Å². The molecule has 0 aliphatic carbocycles. The lowest BCUT2D eigenvalue weighted by atomic mass is 10.0. The molecule has 11 heteroatoms. The number of H-pyrrole nitrogens is 1. The molecule has 2 unspecified atom stereocenters. The Morgan fingerprint density at radius 1 is 1.18 bits per heavy atom. The monoisotopic (exact) mass is 563 g/mol. The van der Waals surface area contributed by atoms with E-state index < -0.39 is 11.6 Å². The zero-order chi connectivity index (χ0) is 27.6. The van der Waals surface area contributed by atoms with Crippen LogP contribution in [-0.2, 0) is 0 Å². The second-order valence-electron chi connectivity index (χ2n) is 11.6. The van der Waals surface area contributed by atoms with Crippen LogP contribution in [0, 0.1) is 16.3 Å². The third kappa shape index (κ3) is 4.31. The van der Waals surface area contributed by atoms with Crippen molar-refractivity contribution < 1.29 is 13.5 Å². The van der Waals surface area contributed by atoms with Crippen molar-refractivity contribution in [1.29, 1.82) is 0 Å². The number of nitrogens with one attached hydrogen (secondary N) is 2. The normalized spacial score (nSPS) is 24.9. The maximum Gasteiger partial charge on any atom is 0.319 e. The van der Waals surface area contributed by atoms with E-state index in [0.29, 0.717) is 39.9 Å². The first kappa shape index (κ1) is 25.7. The van der Waals surface area contributed by atoms with Crippen LogP contribution < -0.4 is 15.0 Å². The molecule has 208 valence electrons. The Morgan fingerprint density at radius 3 is 2.73 bits per heavy atom. The summed E-state index contributed by atoms with van der Waals surface area (Å²) in [6.45, 7) is 5.07. The number of hydrogen-bond donors (Lipinski definition) is 2. The third-order valence-corrected chi connectivity index (χ3v) is 9.09. The lowest BCUT2D eigenvalue weighted by molar-refractivity contribution is 0.108. The Balaban J connectivity index is 1.38. The van der Waals surface area contributed by atoms with Gasteiger partial charge in [-0.05, 0) is 63.7 Å². The van der Waals surface area contributed by atoms with Crippen molar-refractivity contribution in [1.82, 2.24) is 30.2 Å². The number of likely N-dealkylation sites (tertiary alicyclic amines) is 1. The van der Waals surface area contributed by atoms with Crippen molar-refractivity contribution in [2.24, 2.45) is 0 Å². The van der Waals surface area contributed by atoms with Gasteiger partial charge in [-0.15, -0.1) is 0 Å². The third-order valence-electron chi connectivity index (χ3n) is 8.87. The number of likely N-dealkylation sites (N-methyl/N-ethyl adjacent to an activating group) is 1. The molecule has 0 spiro atoms. The summed E-state index contributed by atoms with van der Waals surface area (Å²) in [4.78, 5) is 21.3. The van der Waals surface area contributed by atoms with Crippen LogP contribution >= 0.6 is 12.2 Å². The second kappa shape index (κ2) is 9.67. The number of nitrogens with zero attached hydrogens (tertiary/aromatic N) is 5. The maximum absolute atomic E-state index is 16.5. The van der Waals surface area contributed by atoms with Gasteiger partial charge in [0.2, 0.25) is 0 Å². The topological polar surface area (TPSA) is 82.2 Å². The molecule has 4 aromatic rings. The fraction of sp³-hybridized carbons (Fsp3) is 0.448. The lowest BCUT2D eigenvalue weighted by Crippen LogP contribution is -2.51. The standard InChI is InChI=1S/C29H31F2N7OS/c1-29(9-4-10-37(29)2)15-39-28-35-24-19(27(36-28)38-13-17-7-8-18(14-38)33-17)12-32-26(23(24)31)25-22-16(11-21(40)34-25)5-3-6-20(22)30/h3,5-6,11-12,17-18,33H,4,7-10,13-15H2,1-2H3,(H,34,40)/t17?,18?,29-/m0/s1. The van der Waals surface area contributed by atoms with Gasteiger partial charge in [0.05, 0.1) is 16.6 Å². The Labute approximate surface area is 235 Å². The van der Waals surface area contributed by atoms with Crippen LogP contribution in [0.3, 0.4) is 0 Å². The van der Waals surface area contributed by atoms with E-state index >= 15 is 8.78 Å². The van der Waals surface area contributed by atoms with Crippen molar-refractivity contribution >= 4 is 39.7 Å². The molecule has 7 rings (SSSR count). The van der Waals surface area contributed by atoms with Gasteiger partial charge < -0.3 is 19.9 Å². The van der Waals surface area contributed by atoms with Gasteiger partial charge in [0, 0.05) is 36.8 Å². The number of aromatic nitrogens is 4. The van der Waals surface area contributed by atoms with Crippen LogP contribution in [0.1, 0.15) is 32.6 Å². The minimum atomic E-state index is -0.672. The maximum atomic E-state index is 16.5. The Morgan fingerprint density at radius 2 is 1.98 bits per heavy atom. The average Bonchev–Trinajstić information content (AvgIpc) is 3.46. The van der Waals surface area contributed by atoms with Crippen molar-refractivity contribution in [3.05, 3.63) is 46.7 Å². The summed E-state index contributed by atoms with van der Waals surface area (Å²) in [7, 11) is 2.09. The van der Waals surface area contributed by atoms with Crippen LogP contribution in [0.4, 0.5) is 14.6 Å². The summed E-state index contributed by atoms with van der Waals surface area (Å²) in [5.41, 5.74) is 0.0772. The number of ether oxygens (including phenoxy) is 1. The molecule has 40 heavy (non-hydrogen) atoms. The number of fused-ring (bicyclic) bond motifs is 4. The van der Waals surface area contributed by atoms with Crippen LogP contribution in [-0.4, -0.2) is 75.7 Å². The molecule has 0 radical (unpaired) electrons. The molecule has 8 nitrogen and oxygen atoms in total. The molecule has 1 aromatic carbocycles. The molecule has 6 heterocycles. The van der Waals surface area contributed by atoms with Crippen molar-refractivity contribution in [3.8, 4) is 17.4 Å². The van der Waals surface area contributed by atoms with Crippen molar-refractivity contribution in [2.75, 3.05) is 38.2 Å². The SMILES string of the molecule is CN1CCC[C@@]1(C)COc1nc(N2CC3CCC(C2)N3)c2cnc(-c3[nH]c(=S)cc4cccc(F)c34)c(F)c2n1. The van der Waals surface area contributed by atoms with Gasteiger partial charge in [-0.1, -0.05) is 24.4 Å². The first-order valence-corrected chi connectivity index (χ1v) is 14.2. The predicted octanol–water partition coefficient (Wildman–Crippen LogP) is 4.98. The highest BCUT2D eigenvalue weighted by atomic mass is 32.1. The number of halogens is 2. The van der Waals surface area contributed by atoms with E-state index in [4.69, 9.17) is 21.9 Å². The number of aromatic amines is 1. The zero-order valence-electron chi connectivity index (χ0n) is 22.5. The summed E-state index contributed by atoms with van der Waals surface area (Å²) in [5, 5.41) is 4.92. The van der Waals surface area contributed by atoms with E-state index in [9.17, 15) is 0 Å². The molecule has 3 fully saturated rings. The van der Waals surface area contributed by atoms with E-state index in [0.717, 1.165) is 45.3 Å². The number of piperazine rings is 1. The fourth-order valence-corrected chi connectivity index (χ4v) is 6.73. The minimum absolute atomic E-state index is 0.0484. The molecule has 0 amide bonds. The van der Waals surface area contributed by atoms with Gasteiger partial charge in [0.1, 0.15) is 34.1 Å². The minimum Gasteiger partial charge on any atom is -0.461 e. The molecule has 3 aromatic heterocycles. The highest BCUT2D eigenvalue weighted by Gasteiger charge is 2.36. The van der Waals surface area contributed by atoms with Crippen LogP contribution in [0.15, 0.2) is 30.5 Å². The first-order valence-electron chi connectivity index (χ1n) is 13.8. The van der Waals surface area contributed by atoms with Gasteiger partial charge >= 0.3 is 6.01 Å². The smallest absolute Gasteiger partial charge is 0.319 e. The second-order valence-corrected chi connectivity index (χ2v) is 12.0. The summed E-state index contributed by atoms with van der Waals surface area (Å²) in [6.07, 6.45) is 5.87. The number of benzene rings is 1. The number of anilines is 1. The van der Waals surface area contributed by atoms with Gasteiger partial charge in [0.25, 0.3) is 0 Å². The van der Waals surface area contributed by atoms with Crippen molar-refractivity contribution in [3.63, 3.8) is 0 Å². The molecule has 0 saturated carbocycles. The van der Waals surface area contributed by atoms with Gasteiger partial charge in [0.15, 0.2) is 5.82 Å². The van der Waals surface area contributed by atoms with Crippen LogP contribution in [0.2, 0.25) is 0 Å². The first-order chi connectivity index (χ1) is 19.3. The predicted molar refractivity (Wildman–Crippen MR) is 153 cm³/mol. The summed E-state index contributed by atoms with van der Waals surface area (Å²) in [5.74, 6) is -0.550. The zero-order valence-corrected chi connectivity index (χ0v) is 23.3. The largest absolute Gasteiger partial charge is 0.461 e. The molecule has 3 saturated heterocycles. The van der Waals surface area contributed by atoms with Gasteiger partial charge in [-0.2, -0.15) is 9.97 Å². The molecule has 3 atom stereocenters. The highest BCUT2D eigenvalue weighted by molar-refractivity contribution is 7.71. The molecular weight excluding hydrogens is 532 g/mol. The van der Waals surface area contributed by atoms with E-state index in [1.807, 2.05) is 0 Å². The van der Waals surface area contributed by atoms with Crippen LogP contribution in [0.25, 0.3) is 33.1 Å². The molecular formula is C29H31F2N7OS. The summed E-state index contributed by atoms with van der Waals surface area (Å²) in [6, 6.07) is 7.19. The number of hydrogen-bond acceptors (Lipinski definition) is 8.